The lowest BCUT2D eigenvalue weighted by atomic mass is 10.3. The van der Waals surface area contributed by atoms with Crippen molar-refractivity contribution in [1.82, 2.24) is 0 Å². The summed E-state index contributed by atoms with van der Waals surface area (Å²) in [5.41, 5.74) is 0. The minimum atomic E-state index is -3.41. The van der Waals surface area contributed by atoms with Gasteiger partial charge in [0.1, 0.15) is 10.6 Å². The first kappa shape index (κ1) is 10.8. The van der Waals surface area contributed by atoms with Crippen LogP contribution in [0.1, 0.15) is 6.92 Å². The van der Waals surface area contributed by atoms with Crippen molar-refractivity contribution < 1.29 is 13.2 Å². The third-order valence-corrected chi connectivity index (χ3v) is 3.06. The maximum Gasteiger partial charge on any atom is 0.202 e. The van der Waals surface area contributed by atoms with Crippen LogP contribution in [0.3, 0.4) is 0 Å². The largest absolute Gasteiger partial charge is 0.493 e. The summed E-state index contributed by atoms with van der Waals surface area (Å²) >= 11 is 0. The quantitative estimate of drug-likeness (QED) is 0.766. The van der Waals surface area contributed by atoms with Gasteiger partial charge < -0.3 is 4.74 Å². The highest BCUT2D eigenvalue weighted by molar-refractivity contribution is 7.94. The third kappa shape index (κ3) is 2.14. The summed E-state index contributed by atoms with van der Waals surface area (Å²) in [6.45, 7) is 5.50. The van der Waals surface area contributed by atoms with E-state index in [-0.39, 0.29) is 4.90 Å². The first-order chi connectivity index (χ1) is 6.61. The fourth-order valence-electron chi connectivity index (χ4n) is 1.05. The average Bonchev–Trinajstić information content (AvgIpc) is 2.19. The molecule has 1 aromatic rings. The van der Waals surface area contributed by atoms with Crippen molar-refractivity contribution >= 4 is 9.84 Å². The summed E-state index contributed by atoms with van der Waals surface area (Å²) in [6, 6.07) is 6.51. The van der Waals surface area contributed by atoms with Gasteiger partial charge in [-0.1, -0.05) is 18.7 Å². The number of benzene rings is 1. The summed E-state index contributed by atoms with van der Waals surface area (Å²) in [4.78, 5) is 0.164. The highest BCUT2D eigenvalue weighted by atomic mass is 32.2. The van der Waals surface area contributed by atoms with Crippen LogP contribution in [0.25, 0.3) is 0 Å². The number of rotatable bonds is 4. The zero-order chi connectivity index (χ0) is 10.6. The summed E-state index contributed by atoms with van der Waals surface area (Å²) in [6.07, 6.45) is 0. The Morgan fingerprint density at radius 1 is 1.43 bits per heavy atom. The molecule has 76 valence electrons. The molecule has 0 bridgehead atoms. The van der Waals surface area contributed by atoms with Crippen LogP contribution in [0.15, 0.2) is 41.1 Å². The van der Waals surface area contributed by atoms with Gasteiger partial charge in [0.25, 0.3) is 0 Å². The third-order valence-electron chi connectivity index (χ3n) is 1.67. The molecule has 0 heterocycles. The fourth-order valence-corrected chi connectivity index (χ4v) is 1.90. The molecule has 0 aliphatic carbocycles. The van der Waals surface area contributed by atoms with Crippen LogP contribution in [-0.4, -0.2) is 15.0 Å². The molecule has 0 atom stereocenters. The van der Waals surface area contributed by atoms with Crippen molar-refractivity contribution in [2.45, 2.75) is 11.8 Å². The lowest BCUT2D eigenvalue weighted by molar-refractivity contribution is 0.331. The molecule has 0 fully saturated rings. The van der Waals surface area contributed by atoms with Gasteiger partial charge in [0, 0.05) is 5.41 Å². The standard InChI is InChI=1S/C10H12O3S/c1-3-13-9-7-5-6-8-10(9)14(11,12)4-2/h4-8H,2-3H2,1H3. The summed E-state index contributed by atoms with van der Waals surface area (Å²) in [5.74, 6) is 0.370. The topological polar surface area (TPSA) is 43.4 Å². The number of sulfone groups is 1. The van der Waals surface area contributed by atoms with E-state index in [4.69, 9.17) is 4.74 Å². The molecule has 0 radical (unpaired) electrons. The maximum atomic E-state index is 11.5. The van der Waals surface area contributed by atoms with Crippen LogP contribution in [0, 0.1) is 0 Å². The first-order valence-electron chi connectivity index (χ1n) is 4.21. The Hall–Kier alpha value is -1.29. The molecule has 0 spiro atoms. The van der Waals surface area contributed by atoms with E-state index in [2.05, 4.69) is 6.58 Å². The minimum Gasteiger partial charge on any atom is -0.493 e. The predicted molar refractivity (Wildman–Crippen MR) is 55.0 cm³/mol. The van der Waals surface area contributed by atoms with Crippen molar-refractivity contribution in [3.8, 4) is 5.75 Å². The zero-order valence-electron chi connectivity index (χ0n) is 7.93. The Morgan fingerprint density at radius 3 is 2.64 bits per heavy atom. The Kier molecular flexibility index (Phi) is 3.30. The van der Waals surface area contributed by atoms with Gasteiger partial charge in [0.05, 0.1) is 6.61 Å². The molecule has 3 nitrogen and oxygen atoms in total. The second-order valence-electron chi connectivity index (χ2n) is 2.59. The molecular formula is C10H12O3S. The summed E-state index contributed by atoms with van der Waals surface area (Å²) < 4.78 is 28.2. The predicted octanol–water partition coefficient (Wildman–Crippen LogP) is 2.00. The molecule has 1 rings (SSSR count). The van der Waals surface area contributed by atoms with Crippen LogP contribution in [0.5, 0.6) is 5.75 Å². The van der Waals surface area contributed by atoms with Gasteiger partial charge in [-0.3, -0.25) is 0 Å². The molecule has 14 heavy (non-hydrogen) atoms. The van der Waals surface area contributed by atoms with Crippen molar-refractivity contribution in [2.75, 3.05) is 6.61 Å². The maximum absolute atomic E-state index is 11.5. The number of hydrogen-bond acceptors (Lipinski definition) is 3. The van der Waals surface area contributed by atoms with Crippen LogP contribution in [-0.2, 0) is 9.84 Å². The van der Waals surface area contributed by atoms with E-state index in [0.717, 1.165) is 5.41 Å². The molecule has 0 aliphatic heterocycles. The molecule has 0 N–H and O–H groups in total. The SMILES string of the molecule is C=CS(=O)(=O)c1ccccc1OCC. The Bertz CT molecular complexity index is 421. The second kappa shape index (κ2) is 4.28. The Labute approximate surface area is 83.9 Å². The summed E-state index contributed by atoms with van der Waals surface area (Å²) in [5, 5.41) is 0.921. The Balaban J connectivity index is 3.27. The van der Waals surface area contributed by atoms with Crippen molar-refractivity contribution in [2.24, 2.45) is 0 Å². The van der Waals surface area contributed by atoms with E-state index in [9.17, 15) is 8.42 Å². The van der Waals surface area contributed by atoms with Crippen molar-refractivity contribution in [3.63, 3.8) is 0 Å². The normalized spacial score (nSPS) is 10.9. The monoisotopic (exact) mass is 212 g/mol. The lowest BCUT2D eigenvalue weighted by Crippen LogP contribution is -2.01. The molecule has 1 aromatic carbocycles. The van der Waals surface area contributed by atoms with Crippen LogP contribution < -0.4 is 4.74 Å². The van der Waals surface area contributed by atoms with Crippen LogP contribution in [0.2, 0.25) is 0 Å². The second-order valence-corrected chi connectivity index (χ2v) is 4.45. The highest BCUT2D eigenvalue weighted by Gasteiger charge is 2.14. The molecule has 0 aromatic heterocycles. The van der Waals surface area contributed by atoms with E-state index in [0.29, 0.717) is 12.4 Å². The number of para-hydroxylation sites is 1. The molecule has 0 saturated heterocycles. The first-order valence-corrected chi connectivity index (χ1v) is 5.75. The van der Waals surface area contributed by atoms with Crippen LogP contribution >= 0.6 is 0 Å². The van der Waals surface area contributed by atoms with Crippen molar-refractivity contribution in [3.05, 3.63) is 36.3 Å². The number of ether oxygens (including phenoxy) is 1. The van der Waals surface area contributed by atoms with E-state index < -0.39 is 9.84 Å². The molecule has 0 aliphatic rings. The van der Waals surface area contributed by atoms with Gasteiger partial charge in [-0.25, -0.2) is 8.42 Å². The van der Waals surface area contributed by atoms with Gasteiger partial charge in [-0.2, -0.15) is 0 Å². The molecular weight excluding hydrogens is 200 g/mol. The smallest absolute Gasteiger partial charge is 0.202 e. The molecule has 4 heteroatoms. The van der Waals surface area contributed by atoms with E-state index in [1.165, 1.54) is 6.07 Å². The Morgan fingerprint density at radius 2 is 2.07 bits per heavy atom. The van der Waals surface area contributed by atoms with E-state index >= 15 is 0 Å². The van der Waals surface area contributed by atoms with E-state index in [1.54, 1.807) is 25.1 Å². The highest BCUT2D eigenvalue weighted by Crippen LogP contribution is 2.24. The van der Waals surface area contributed by atoms with E-state index in [1.807, 2.05) is 0 Å². The molecule has 0 unspecified atom stereocenters. The van der Waals surface area contributed by atoms with Gasteiger partial charge in [0.2, 0.25) is 9.84 Å². The minimum absolute atomic E-state index is 0.164. The van der Waals surface area contributed by atoms with Gasteiger partial charge >= 0.3 is 0 Å². The van der Waals surface area contributed by atoms with Gasteiger partial charge in [-0.15, -0.1) is 0 Å². The number of hydrogen-bond donors (Lipinski definition) is 0. The molecule has 0 saturated carbocycles. The van der Waals surface area contributed by atoms with Crippen LogP contribution in [0.4, 0.5) is 0 Å². The zero-order valence-corrected chi connectivity index (χ0v) is 8.75. The van der Waals surface area contributed by atoms with Crippen molar-refractivity contribution in [1.29, 1.82) is 0 Å². The lowest BCUT2D eigenvalue weighted by Gasteiger charge is -2.07. The van der Waals surface area contributed by atoms with Gasteiger partial charge in [0.15, 0.2) is 0 Å². The fraction of sp³-hybridized carbons (Fsp3) is 0.200. The molecule has 0 amide bonds. The van der Waals surface area contributed by atoms with Gasteiger partial charge in [-0.05, 0) is 19.1 Å². The summed E-state index contributed by atoms with van der Waals surface area (Å²) in [7, 11) is -3.41. The average molecular weight is 212 g/mol.